The molecule has 0 amide bonds. The molecule has 1 atom stereocenters. The lowest BCUT2D eigenvalue weighted by Crippen LogP contribution is -2.13. The topological polar surface area (TPSA) is 26.0 Å². The number of thiophene rings is 1. The minimum absolute atomic E-state index is 0.220. The Balaban J connectivity index is 2.48. The molecule has 1 aromatic carbocycles. The lowest BCUT2D eigenvalue weighted by atomic mass is 10.00. The Labute approximate surface area is 106 Å². The lowest BCUT2D eigenvalue weighted by Gasteiger charge is -2.13. The summed E-state index contributed by atoms with van der Waals surface area (Å²) >= 11 is 4.92. The molecule has 16 heavy (non-hydrogen) atoms. The van der Waals surface area contributed by atoms with Crippen LogP contribution in [-0.4, -0.2) is 0 Å². The van der Waals surface area contributed by atoms with Crippen LogP contribution in [0.1, 0.15) is 22.7 Å². The molecule has 84 valence electrons. The molecule has 0 bridgehead atoms. The molecule has 1 heterocycles. The van der Waals surface area contributed by atoms with Crippen LogP contribution in [0.4, 0.5) is 4.39 Å². The average molecular weight is 300 g/mol. The maximum absolute atomic E-state index is 13.9. The van der Waals surface area contributed by atoms with E-state index in [9.17, 15) is 4.39 Å². The summed E-state index contributed by atoms with van der Waals surface area (Å²) in [6.07, 6.45) is 0. The number of benzene rings is 1. The van der Waals surface area contributed by atoms with Gasteiger partial charge in [0.05, 0.1) is 6.04 Å². The van der Waals surface area contributed by atoms with Gasteiger partial charge in [-0.2, -0.15) is 11.3 Å². The second-order valence-corrected chi connectivity index (χ2v) is 5.36. The van der Waals surface area contributed by atoms with Crippen LogP contribution < -0.4 is 5.73 Å². The van der Waals surface area contributed by atoms with Crippen molar-refractivity contribution >= 4 is 27.3 Å². The van der Waals surface area contributed by atoms with Crippen LogP contribution >= 0.6 is 27.3 Å². The molecule has 0 saturated heterocycles. The van der Waals surface area contributed by atoms with Crippen molar-refractivity contribution in [2.45, 2.75) is 13.0 Å². The minimum atomic E-state index is -0.401. The van der Waals surface area contributed by atoms with Gasteiger partial charge in [-0.3, -0.25) is 0 Å². The van der Waals surface area contributed by atoms with Crippen molar-refractivity contribution in [1.82, 2.24) is 0 Å². The Morgan fingerprint density at radius 1 is 1.44 bits per heavy atom. The fourth-order valence-electron chi connectivity index (χ4n) is 1.61. The molecule has 0 aliphatic rings. The van der Waals surface area contributed by atoms with Gasteiger partial charge < -0.3 is 5.73 Å². The van der Waals surface area contributed by atoms with Crippen LogP contribution in [0.5, 0.6) is 0 Å². The maximum atomic E-state index is 13.9. The Morgan fingerprint density at radius 3 is 2.81 bits per heavy atom. The van der Waals surface area contributed by atoms with Crippen molar-refractivity contribution < 1.29 is 4.39 Å². The van der Waals surface area contributed by atoms with Gasteiger partial charge in [0.2, 0.25) is 0 Å². The molecule has 0 unspecified atom stereocenters. The zero-order valence-electron chi connectivity index (χ0n) is 8.71. The second-order valence-electron chi connectivity index (χ2n) is 3.66. The molecule has 0 spiro atoms. The van der Waals surface area contributed by atoms with Crippen LogP contribution in [0.2, 0.25) is 0 Å². The highest BCUT2D eigenvalue weighted by molar-refractivity contribution is 9.10. The zero-order valence-corrected chi connectivity index (χ0v) is 11.1. The summed E-state index contributed by atoms with van der Waals surface area (Å²) in [6.45, 7) is 1.74. The van der Waals surface area contributed by atoms with Crippen LogP contribution in [0, 0.1) is 12.7 Å². The Hall–Kier alpha value is -0.710. The van der Waals surface area contributed by atoms with E-state index in [4.69, 9.17) is 5.73 Å². The Bertz CT molecular complexity index is 496. The molecule has 0 aliphatic heterocycles. The van der Waals surface area contributed by atoms with Crippen molar-refractivity contribution in [3.8, 4) is 0 Å². The quantitative estimate of drug-likeness (QED) is 0.891. The molecule has 2 N–H and O–H groups in total. The predicted octanol–water partition coefficient (Wildman–Crippen LogP) is 4.01. The monoisotopic (exact) mass is 299 g/mol. The molecular formula is C12H11BrFNS. The normalized spacial score (nSPS) is 12.8. The van der Waals surface area contributed by atoms with Crippen LogP contribution in [0.3, 0.4) is 0 Å². The molecule has 1 nitrogen and oxygen atoms in total. The summed E-state index contributed by atoms with van der Waals surface area (Å²) < 4.78 is 14.8. The molecular weight excluding hydrogens is 289 g/mol. The summed E-state index contributed by atoms with van der Waals surface area (Å²) in [7, 11) is 0. The minimum Gasteiger partial charge on any atom is -0.320 e. The average Bonchev–Trinajstić information content (AvgIpc) is 2.75. The third kappa shape index (κ3) is 2.19. The van der Waals surface area contributed by atoms with Gasteiger partial charge in [0.15, 0.2) is 0 Å². The maximum Gasteiger partial charge on any atom is 0.131 e. The zero-order chi connectivity index (χ0) is 11.7. The fraction of sp³-hybridized carbons (Fsp3) is 0.167. The molecule has 2 rings (SSSR count). The van der Waals surface area contributed by atoms with E-state index >= 15 is 0 Å². The number of rotatable bonds is 2. The van der Waals surface area contributed by atoms with Crippen LogP contribution in [-0.2, 0) is 0 Å². The van der Waals surface area contributed by atoms with Gasteiger partial charge in [0.25, 0.3) is 0 Å². The third-order valence-electron chi connectivity index (χ3n) is 2.48. The van der Waals surface area contributed by atoms with E-state index in [-0.39, 0.29) is 5.82 Å². The molecule has 0 radical (unpaired) electrons. The summed E-state index contributed by atoms with van der Waals surface area (Å²) in [5.74, 6) is -0.220. The molecule has 2 aromatic rings. The van der Waals surface area contributed by atoms with Crippen molar-refractivity contribution in [3.63, 3.8) is 0 Å². The van der Waals surface area contributed by atoms with Crippen molar-refractivity contribution in [3.05, 3.63) is 55.9 Å². The van der Waals surface area contributed by atoms with E-state index in [1.165, 1.54) is 0 Å². The largest absolute Gasteiger partial charge is 0.320 e. The summed E-state index contributed by atoms with van der Waals surface area (Å²) in [5, 5.41) is 3.89. The summed E-state index contributed by atoms with van der Waals surface area (Å²) in [5.41, 5.74) is 8.13. The standard InChI is InChI=1S/C12H11BrFNS/c1-7-4-9(13)5-10(11(7)14)12(15)8-2-3-16-6-8/h2-6,12H,15H2,1H3/t12-/m0/s1. The SMILES string of the molecule is Cc1cc(Br)cc([C@@H](N)c2ccsc2)c1F. The highest BCUT2D eigenvalue weighted by atomic mass is 79.9. The van der Waals surface area contributed by atoms with E-state index < -0.39 is 6.04 Å². The van der Waals surface area contributed by atoms with Crippen LogP contribution in [0.15, 0.2) is 33.4 Å². The van der Waals surface area contributed by atoms with E-state index in [2.05, 4.69) is 15.9 Å². The number of hydrogen-bond donors (Lipinski definition) is 1. The van der Waals surface area contributed by atoms with Gasteiger partial charge in [-0.1, -0.05) is 15.9 Å². The van der Waals surface area contributed by atoms with Crippen LogP contribution in [0.25, 0.3) is 0 Å². The number of hydrogen-bond acceptors (Lipinski definition) is 2. The molecule has 4 heteroatoms. The van der Waals surface area contributed by atoms with Gasteiger partial charge in [-0.15, -0.1) is 0 Å². The Morgan fingerprint density at radius 2 is 2.19 bits per heavy atom. The molecule has 1 aromatic heterocycles. The highest BCUT2D eigenvalue weighted by Gasteiger charge is 2.16. The first-order valence-corrected chi connectivity index (χ1v) is 6.56. The predicted molar refractivity (Wildman–Crippen MR) is 69.2 cm³/mol. The van der Waals surface area contributed by atoms with Crippen molar-refractivity contribution in [2.24, 2.45) is 5.73 Å². The van der Waals surface area contributed by atoms with Crippen molar-refractivity contribution in [1.29, 1.82) is 0 Å². The highest BCUT2D eigenvalue weighted by Crippen LogP contribution is 2.28. The summed E-state index contributed by atoms with van der Waals surface area (Å²) in [4.78, 5) is 0. The van der Waals surface area contributed by atoms with E-state index in [1.807, 2.05) is 16.8 Å². The van der Waals surface area contributed by atoms with Gasteiger partial charge in [-0.25, -0.2) is 4.39 Å². The molecule has 0 saturated carbocycles. The van der Waals surface area contributed by atoms with Gasteiger partial charge in [-0.05, 0) is 47.0 Å². The first kappa shape index (κ1) is 11.8. The first-order chi connectivity index (χ1) is 7.59. The van der Waals surface area contributed by atoms with Gasteiger partial charge in [0.1, 0.15) is 5.82 Å². The van der Waals surface area contributed by atoms with E-state index in [0.29, 0.717) is 11.1 Å². The van der Waals surface area contributed by atoms with Gasteiger partial charge in [0, 0.05) is 10.0 Å². The number of aryl methyl sites for hydroxylation is 1. The fourth-order valence-corrected chi connectivity index (χ4v) is 2.90. The first-order valence-electron chi connectivity index (χ1n) is 4.83. The number of nitrogens with two attached hydrogens (primary N) is 1. The van der Waals surface area contributed by atoms with E-state index in [1.54, 1.807) is 30.4 Å². The Kier molecular flexibility index (Phi) is 3.42. The smallest absolute Gasteiger partial charge is 0.131 e. The number of halogens is 2. The van der Waals surface area contributed by atoms with Crippen molar-refractivity contribution in [2.75, 3.05) is 0 Å². The molecule has 0 fully saturated rings. The van der Waals surface area contributed by atoms with Gasteiger partial charge >= 0.3 is 0 Å². The van der Waals surface area contributed by atoms with E-state index in [0.717, 1.165) is 10.0 Å². The lowest BCUT2D eigenvalue weighted by molar-refractivity contribution is 0.591. The molecule has 0 aliphatic carbocycles. The second kappa shape index (κ2) is 4.65. The third-order valence-corrected chi connectivity index (χ3v) is 3.64. The summed E-state index contributed by atoms with van der Waals surface area (Å²) in [6, 6.07) is 5.01.